The molecule has 0 spiro atoms. The first-order valence-corrected chi connectivity index (χ1v) is 15.5. The van der Waals surface area contributed by atoms with Crippen LogP contribution in [0, 0.1) is 6.92 Å². The van der Waals surface area contributed by atoms with Crippen LogP contribution in [0.25, 0.3) is 0 Å². The smallest absolute Gasteiger partial charge is 0.264 e. The largest absolute Gasteiger partial charge is 0.496 e. The van der Waals surface area contributed by atoms with Crippen LogP contribution < -0.4 is 14.4 Å². The molecule has 41 heavy (non-hydrogen) atoms. The molecule has 0 radical (unpaired) electrons. The number of aryl methyl sites for hydroxylation is 1. The van der Waals surface area contributed by atoms with E-state index >= 15 is 0 Å². The molecule has 8 nitrogen and oxygen atoms in total. The Balaban J connectivity index is 2.06. The summed E-state index contributed by atoms with van der Waals surface area (Å²) in [7, 11) is -2.74. The number of nitrogens with one attached hydrogen (secondary N) is 1. The zero-order chi connectivity index (χ0) is 30.5. The van der Waals surface area contributed by atoms with Crippen molar-refractivity contribution in [3.63, 3.8) is 0 Å². The molecule has 0 bridgehead atoms. The summed E-state index contributed by atoms with van der Waals surface area (Å²) >= 11 is 9.55. The zero-order valence-electron chi connectivity index (χ0n) is 23.9. The van der Waals surface area contributed by atoms with E-state index in [0.717, 1.165) is 9.87 Å². The lowest BCUT2D eigenvalue weighted by atomic mass is 10.1. The summed E-state index contributed by atoms with van der Waals surface area (Å²) in [6.45, 7) is 8.56. The molecule has 1 N–H and O–H groups in total. The summed E-state index contributed by atoms with van der Waals surface area (Å²) in [5, 5.41) is 3.39. The van der Waals surface area contributed by atoms with Crippen LogP contribution in [-0.4, -0.2) is 50.4 Å². The Hall–Kier alpha value is -3.08. The molecule has 0 aliphatic carbocycles. The number of nitrogens with zero attached hydrogens (tertiary/aromatic N) is 2. The molecule has 1 unspecified atom stereocenters. The maximum Gasteiger partial charge on any atom is 0.264 e. The number of halogens is 2. The van der Waals surface area contributed by atoms with E-state index < -0.39 is 34.1 Å². The van der Waals surface area contributed by atoms with E-state index in [1.165, 1.54) is 30.2 Å². The number of anilines is 1. The van der Waals surface area contributed by atoms with Gasteiger partial charge < -0.3 is 15.0 Å². The van der Waals surface area contributed by atoms with E-state index in [1.807, 2.05) is 27.7 Å². The Morgan fingerprint density at radius 2 is 1.71 bits per heavy atom. The van der Waals surface area contributed by atoms with Crippen LogP contribution in [0.15, 0.2) is 76.1 Å². The molecule has 3 aromatic carbocycles. The topological polar surface area (TPSA) is 96.0 Å². The molecule has 0 fully saturated rings. The number of hydrogen-bond acceptors (Lipinski definition) is 5. The standard InChI is InChI=1S/C30H35BrClN3O5S/c1-20-10-12-24(13-11-20)35(41(38,39)25-14-15-27(40-6)26(31)17-25)19-28(36)34(18-22-8-7-9-23(32)16-22)21(2)29(37)33-30(3,4)5/h7-17,21H,18-19H2,1-6H3,(H,33,37). The van der Waals surface area contributed by atoms with Crippen LogP contribution in [0.1, 0.15) is 38.8 Å². The van der Waals surface area contributed by atoms with Gasteiger partial charge in [0.25, 0.3) is 10.0 Å². The number of hydrogen-bond donors (Lipinski definition) is 1. The molecule has 0 heterocycles. The van der Waals surface area contributed by atoms with E-state index in [4.69, 9.17) is 16.3 Å². The van der Waals surface area contributed by atoms with Crippen LogP contribution >= 0.6 is 27.5 Å². The van der Waals surface area contributed by atoms with E-state index in [2.05, 4.69) is 21.2 Å². The van der Waals surface area contributed by atoms with Gasteiger partial charge in [-0.3, -0.25) is 13.9 Å². The summed E-state index contributed by atoms with van der Waals surface area (Å²) in [6, 6.07) is 17.3. The molecule has 3 aromatic rings. The molecule has 0 saturated heterocycles. The van der Waals surface area contributed by atoms with Crippen molar-refractivity contribution in [2.75, 3.05) is 18.0 Å². The van der Waals surface area contributed by atoms with Crippen molar-refractivity contribution in [1.82, 2.24) is 10.2 Å². The van der Waals surface area contributed by atoms with Crippen molar-refractivity contribution in [2.24, 2.45) is 0 Å². The third-order valence-corrected chi connectivity index (χ3v) is 8.84. The molecule has 0 aromatic heterocycles. The number of methoxy groups -OCH3 is 1. The van der Waals surface area contributed by atoms with Gasteiger partial charge in [-0.2, -0.15) is 0 Å². The summed E-state index contributed by atoms with van der Waals surface area (Å²) in [5.41, 5.74) is 1.41. The van der Waals surface area contributed by atoms with Gasteiger partial charge in [0.2, 0.25) is 11.8 Å². The first kappa shape index (κ1) is 32.4. The fraction of sp³-hybridized carbons (Fsp3) is 0.333. The number of amides is 2. The highest BCUT2D eigenvalue weighted by Crippen LogP contribution is 2.31. The van der Waals surface area contributed by atoms with Crippen molar-refractivity contribution in [1.29, 1.82) is 0 Å². The molecule has 2 amide bonds. The van der Waals surface area contributed by atoms with Crippen LogP contribution in [0.2, 0.25) is 5.02 Å². The van der Waals surface area contributed by atoms with E-state index in [9.17, 15) is 18.0 Å². The maximum atomic E-state index is 14.0. The summed E-state index contributed by atoms with van der Waals surface area (Å²) in [4.78, 5) is 28.5. The number of carbonyl (C=O) groups excluding carboxylic acids is 2. The highest BCUT2D eigenvalue weighted by atomic mass is 79.9. The Labute approximate surface area is 255 Å². The van der Waals surface area contributed by atoms with Crippen molar-refractivity contribution in [3.05, 3.63) is 87.4 Å². The summed E-state index contributed by atoms with van der Waals surface area (Å²) in [5.74, 6) is -0.455. The average molecular weight is 665 g/mol. The van der Waals surface area contributed by atoms with Gasteiger partial charge in [0.15, 0.2) is 0 Å². The lowest BCUT2D eigenvalue weighted by Crippen LogP contribution is -2.54. The van der Waals surface area contributed by atoms with Gasteiger partial charge in [-0.15, -0.1) is 0 Å². The average Bonchev–Trinajstić information content (AvgIpc) is 2.89. The van der Waals surface area contributed by atoms with Gasteiger partial charge in [-0.1, -0.05) is 41.4 Å². The molecule has 220 valence electrons. The Morgan fingerprint density at radius 1 is 1.05 bits per heavy atom. The molecular weight excluding hydrogens is 630 g/mol. The van der Waals surface area contributed by atoms with Gasteiger partial charge in [0.1, 0.15) is 18.3 Å². The number of sulfonamides is 1. The maximum absolute atomic E-state index is 14.0. The number of benzene rings is 3. The molecule has 3 rings (SSSR count). The van der Waals surface area contributed by atoms with Crippen molar-refractivity contribution in [2.45, 2.75) is 57.6 Å². The third kappa shape index (κ3) is 8.47. The molecule has 1 atom stereocenters. The monoisotopic (exact) mass is 663 g/mol. The van der Waals surface area contributed by atoms with E-state index in [0.29, 0.717) is 26.5 Å². The Bertz CT molecular complexity index is 1510. The minimum absolute atomic E-state index is 0.0292. The van der Waals surface area contributed by atoms with E-state index in [1.54, 1.807) is 55.5 Å². The number of carbonyl (C=O) groups is 2. The van der Waals surface area contributed by atoms with Crippen LogP contribution in [0.4, 0.5) is 5.69 Å². The minimum atomic E-state index is -4.22. The van der Waals surface area contributed by atoms with Crippen LogP contribution in [0.3, 0.4) is 0 Å². The van der Waals surface area contributed by atoms with Crippen molar-refractivity contribution < 1.29 is 22.7 Å². The predicted octanol–water partition coefficient (Wildman–Crippen LogP) is 5.95. The normalized spacial score (nSPS) is 12.4. The molecule has 0 aliphatic heterocycles. The highest BCUT2D eigenvalue weighted by molar-refractivity contribution is 9.10. The second kappa shape index (κ2) is 13.3. The first-order chi connectivity index (χ1) is 19.1. The fourth-order valence-electron chi connectivity index (χ4n) is 4.06. The Morgan fingerprint density at radius 3 is 2.27 bits per heavy atom. The lowest BCUT2D eigenvalue weighted by molar-refractivity contribution is -0.140. The second-order valence-electron chi connectivity index (χ2n) is 10.7. The zero-order valence-corrected chi connectivity index (χ0v) is 27.1. The summed E-state index contributed by atoms with van der Waals surface area (Å²) < 4.78 is 34.8. The van der Waals surface area contributed by atoms with Gasteiger partial charge in [0.05, 0.1) is 22.2 Å². The highest BCUT2D eigenvalue weighted by Gasteiger charge is 2.33. The quantitative estimate of drug-likeness (QED) is 0.289. The number of ether oxygens (including phenoxy) is 1. The van der Waals surface area contributed by atoms with Gasteiger partial charge >= 0.3 is 0 Å². The van der Waals surface area contributed by atoms with Crippen LogP contribution in [0.5, 0.6) is 5.75 Å². The minimum Gasteiger partial charge on any atom is -0.496 e. The van der Waals surface area contributed by atoms with Gasteiger partial charge in [0, 0.05) is 17.1 Å². The second-order valence-corrected chi connectivity index (χ2v) is 13.9. The van der Waals surface area contributed by atoms with Crippen molar-refractivity contribution in [3.8, 4) is 5.75 Å². The summed E-state index contributed by atoms with van der Waals surface area (Å²) in [6.07, 6.45) is 0. The lowest BCUT2D eigenvalue weighted by Gasteiger charge is -2.33. The SMILES string of the molecule is COc1ccc(S(=O)(=O)N(CC(=O)N(Cc2cccc(Cl)c2)C(C)C(=O)NC(C)(C)C)c2ccc(C)cc2)cc1Br. The molecule has 11 heteroatoms. The van der Waals surface area contributed by atoms with Crippen molar-refractivity contribution >= 4 is 55.1 Å². The van der Waals surface area contributed by atoms with Crippen LogP contribution in [-0.2, 0) is 26.2 Å². The van der Waals surface area contributed by atoms with Gasteiger partial charge in [-0.25, -0.2) is 8.42 Å². The predicted molar refractivity (Wildman–Crippen MR) is 166 cm³/mol. The Kier molecular flexibility index (Phi) is 10.5. The molecule has 0 aliphatic rings. The molecule has 0 saturated carbocycles. The molecular formula is C30H35BrClN3O5S. The third-order valence-electron chi connectivity index (χ3n) is 6.22. The fourth-order valence-corrected chi connectivity index (χ4v) is 6.41. The van der Waals surface area contributed by atoms with E-state index in [-0.39, 0.29) is 17.3 Å². The van der Waals surface area contributed by atoms with Gasteiger partial charge in [-0.05, 0) is 98.6 Å². The number of rotatable bonds is 10. The first-order valence-electron chi connectivity index (χ1n) is 12.9.